The zero-order chi connectivity index (χ0) is 16.6. The molecule has 1 aromatic carbocycles. The third kappa shape index (κ3) is 4.09. The molecular formula is C10H10F3NO6S2. The van der Waals surface area contributed by atoms with E-state index in [0.717, 1.165) is 12.1 Å². The van der Waals surface area contributed by atoms with Gasteiger partial charge in [0.1, 0.15) is 18.5 Å². The Balaban J connectivity index is 2.12. The summed E-state index contributed by atoms with van der Waals surface area (Å²) in [5.41, 5.74) is -5.73. The highest BCUT2D eigenvalue weighted by atomic mass is 32.3. The number of hydrogen-bond acceptors (Lipinski definition) is 6. The maximum Gasteiger partial charge on any atom is 0.512 e. The minimum atomic E-state index is -6.01. The summed E-state index contributed by atoms with van der Waals surface area (Å²) in [7, 11) is -10.9. The second kappa shape index (κ2) is 5.68. The van der Waals surface area contributed by atoms with Crippen LogP contribution in [0.3, 0.4) is 0 Å². The lowest BCUT2D eigenvalue weighted by molar-refractivity contribution is -0.0441. The van der Waals surface area contributed by atoms with Gasteiger partial charge in [0.15, 0.2) is 0 Å². The second-order valence-corrected chi connectivity index (χ2v) is 7.89. The van der Waals surface area contributed by atoms with Crippen LogP contribution < -0.4 is 8.86 Å². The average Bonchev–Trinajstić information content (AvgIpc) is 3.18. The van der Waals surface area contributed by atoms with Crippen LogP contribution in [0.25, 0.3) is 0 Å². The summed E-state index contributed by atoms with van der Waals surface area (Å²) in [5, 5.41) is 0. The molecule has 1 unspecified atom stereocenters. The number of rotatable bonds is 6. The first-order valence-corrected chi connectivity index (χ1v) is 8.67. The van der Waals surface area contributed by atoms with Crippen LogP contribution in [0.15, 0.2) is 29.2 Å². The number of epoxide rings is 1. The van der Waals surface area contributed by atoms with E-state index in [1.165, 1.54) is 12.1 Å². The normalized spacial score (nSPS) is 19.0. The molecule has 1 aromatic rings. The van der Waals surface area contributed by atoms with E-state index in [4.69, 9.17) is 9.47 Å². The molecule has 0 aromatic heterocycles. The monoisotopic (exact) mass is 361 g/mol. The summed E-state index contributed by atoms with van der Waals surface area (Å²) < 4.78 is 92.2. The Bertz CT molecular complexity index is 738. The Hall–Kier alpha value is -1.37. The van der Waals surface area contributed by atoms with Gasteiger partial charge >= 0.3 is 15.5 Å². The molecule has 1 saturated heterocycles. The standard InChI is InChI=1S/C10H10F3NO6S2/c11-10(12,13)22(17,18)14-21(15,16)9-3-1-7(2-4-9)19-5-8-6-20-8/h1-4,8,14H,5-6H2. The predicted octanol–water partition coefficient (Wildman–Crippen LogP) is 0.592. The van der Waals surface area contributed by atoms with Crippen molar-refractivity contribution in [2.24, 2.45) is 0 Å². The predicted molar refractivity (Wildman–Crippen MR) is 67.0 cm³/mol. The number of sulfonamides is 2. The fraction of sp³-hybridized carbons (Fsp3) is 0.400. The molecule has 0 aliphatic carbocycles. The van der Waals surface area contributed by atoms with Crippen LogP contribution in [0.4, 0.5) is 13.2 Å². The summed E-state index contributed by atoms with van der Waals surface area (Å²) >= 11 is 0. The molecule has 0 bridgehead atoms. The first-order valence-electron chi connectivity index (χ1n) is 5.71. The van der Waals surface area contributed by atoms with E-state index in [9.17, 15) is 30.0 Å². The highest BCUT2D eigenvalue weighted by Crippen LogP contribution is 2.24. The van der Waals surface area contributed by atoms with Crippen molar-refractivity contribution >= 4 is 20.0 Å². The zero-order valence-electron chi connectivity index (χ0n) is 10.7. The molecule has 0 amide bonds. The maximum absolute atomic E-state index is 12.2. The van der Waals surface area contributed by atoms with E-state index in [-0.39, 0.29) is 18.5 Å². The molecule has 1 atom stereocenters. The lowest BCUT2D eigenvalue weighted by atomic mass is 10.3. The van der Waals surface area contributed by atoms with Gasteiger partial charge in [0.25, 0.3) is 10.0 Å². The fourth-order valence-corrected chi connectivity index (χ4v) is 3.72. The maximum atomic E-state index is 12.2. The number of benzene rings is 1. The molecule has 2 rings (SSSR count). The van der Waals surface area contributed by atoms with Crippen molar-refractivity contribution in [2.75, 3.05) is 13.2 Å². The zero-order valence-corrected chi connectivity index (χ0v) is 12.3. The van der Waals surface area contributed by atoms with Crippen molar-refractivity contribution in [3.63, 3.8) is 0 Å². The van der Waals surface area contributed by atoms with Crippen LogP contribution in [0.1, 0.15) is 0 Å². The molecule has 1 aliphatic rings. The summed E-state index contributed by atoms with van der Waals surface area (Å²) in [4.78, 5) is -0.643. The summed E-state index contributed by atoms with van der Waals surface area (Å²) in [5.74, 6) is 0.271. The van der Waals surface area contributed by atoms with Gasteiger partial charge in [-0.25, -0.2) is 16.8 Å². The Morgan fingerprint density at radius 1 is 1.18 bits per heavy atom. The number of ether oxygens (including phenoxy) is 2. The fourth-order valence-electron chi connectivity index (χ4n) is 1.31. The van der Waals surface area contributed by atoms with Crippen LogP contribution >= 0.6 is 0 Å². The van der Waals surface area contributed by atoms with Gasteiger partial charge in [0.05, 0.1) is 11.5 Å². The average molecular weight is 361 g/mol. The number of alkyl halides is 3. The van der Waals surface area contributed by atoms with Crippen LogP contribution in [-0.2, 0) is 24.8 Å². The molecule has 1 heterocycles. The third-order valence-corrected chi connectivity index (χ3v) is 5.75. The van der Waals surface area contributed by atoms with Crippen molar-refractivity contribution in [3.05, 3.63) is 24.3 Å². The molecule has 22 heavy (non-hydrogen) atoms. The van der Waals surface area contributed by atoms with E-state index in [1.54, 1.807) is 0 Å². The number of hydrogen-bond donors (Lipinski definition) is 1. The first kappa shape index (κ1) is 17.0. The van der Waals surface area contributed by atoms with Crippen LogP contribution in [-0.4, -0.2) is 41.7 Å². The highest BCUT2D eigenvalue weighted by Gasteiger charge is 2.48. The minimum Gasteiger partial charge on any atom is -0.491 e. The first-order chi connectivity index (χ1) is 10.0. The Kier molecular flexibility index (Phi) is 4.39. The van der Waals surface area contributed by atoms with Crippen molar-refractivity contribution in [1.82, 2.24) is 4.13 Å². The van der Waals surface area contributed by atoms with Crippen molar-refractivity contribution in [2.45, 2.75) is 16.5 Å². The van der Waals surface area contributed by atoms with Crippen molar-refractivity contribution < 1.29 is 39.5 Å². The summed E-state index contributed by atoms with van der Waals surface area (Å²) in [6.07, 6.45) is -0.0259. The molecule has 7 nitrogen and oxygen atoms in total. The number of nitrogens with one attached hydrogen (secondary N) is 1. The summed E-state index contributed by atoms with van der Waals surface area (Å²) in [6, 6.07) is 4.24. The number of halogens is 3. The Morgan fingerprint density at radius 2 is 1.73 bits per heavy atom. The SMILES string of the molecule is O=S(=O)(NS(=O)(=O)C(F)(F)F)c1ccc(OCC2CO2)cc1. The molecular weight excluding hydrogens is 351 g/mol. The van der Waals surface area contributed by atoms with Gasteiger partial charge in [0, 0.05) is 0 Å². The quantitative estimate of drug-likeness (QED) is 0.744. The van der Waals surface area contributed by atoms with Gasteiger partial charge in [-0.05, 0) is 24.3 Å². The molecule has 1 aliphatic heterocycles. The molecule has 1 N–H and O–H groups in total. The summed E-state index contributed by atoms with van der Waals surface area (Å²) in [6.45, 7) is 0.818. The van der Waals surface area contributed by atoms with Gasteiger partial charge in [-0.3, -0.25) is 0 Å². The van der Waals surface area contributed by atoms with Gasteiger partial charge in [-0.15, -0.1) is 0 Å². The van der Waals surface area contributed by atoms with Gasteiger partial charge in [0.2, 0.25) is 0 Å². The largest absolute Gasteiger partial charge is 0.512 e. The topological polar surface area (TPSA) is 102 Å². The van der Waals surface area contributed by atoms with E-state index in [1.807, 2.05) is 0 Å². The molecule has 1 fully saturated rings. The molecule has 12 heteroatoms. The smallest absolute Gasteiger partial charge is 0.491 e. The van der Waals surface area contributed by atoms with E-state index >= 15 is 0 Å². The van der Waals surface area contributed by atoms with Crippen LogP contribution in [0, 0.1) is 0 Å². The molecule has 0 spiro atoms. The van der Waals surface area contributed by atoms with Crippen molar-refractivity contribution in [3.8, 4) is 5.75 Å². The molecule has 0 radical (unpaired) electrons. The van der Waals surface area contributed by atoms with E-state index < -0.39 is 30.5 Å². The minimum absolute atomic E-state index is 0.0259. The van der Waals surface area contributed by atoms with Gasteiger partial charge in [-0.1, -0.05) is 4.13 Å². The second-order valence-electron chi connectivity index (χ2n) is 4.27. The lowest BCUT2D eigenvalue weighted by Crippen LogP contribution is -2.40. The Labute approximate surface area is 124 Å². The lowest BCUT2D eigenvalue weighted by Gasteiger charge is -2.10. The van der Waals surface area contributed by atoms with Crippen LogP contribution in [0.2, 0.25) is 0 Å². The van der Waals surface area contributed by atoms with Gasteiger partial charge < -0.3 is 9.47 Å². The van der Waals surface area contributed by atoms with E-state index in [0.29, 0.717) is 10.7 Å². The molecule has 0 saturated carbocycles. The third-order valence-electron chi connectivity index (χ3n) is 2.50. The Morgan fingerprint density at radius 3 is 2.18 bits per heavy atom. The van der Waals surface area contributed by atoms with Gasteiger partial charge in [-0.2, -0.15) is 13.2 Å². The molecule has 124 valence electrons. The van der Waals surface area contributed by atoms with Crippen LogP contribution in [0.5, 0.6) is 5.75 Å². The highest BCUT2D eigenvalue weighted by molar-refractivity contribution is 8.05. The van der Waals surface area contributed by atoms with Crippen molar-refractivity contribution in [1.29, 1.82) is 0 Å². The van der Waals surface area contributed by atoms with E-state index in [2.05, 4.69) is 0 Å².